The standard InChI is InChI=1S/C24H40N2O6/c1-20-5-6-23(28)26(20)10-12-30-14-16-32-18-17-31-15-13-29-11-8-22(27)25-9-7-21(19-25)24(2,3)4/h5-6,21H,1,7-19H2,2-4H3. The lowest BCUT2D eigenvalue weighted by atomic mass is 9.80. The summed E-state index contributed by atoms with van der Waals surface area (Å²) in [6, 6.07) is 0. The average molecular weight is 453 g/mol. The van der Waals surface area contributed by atoms with Crippen LogP contribution < -0.4 is 0 Å². The van der Waals surface area contributed by atoms with Gasteiger partial charge in [-0.2, -0.15) is 0 Å². The Kier molecular flexibility index (Phi) is 11.4. The van der Waals surface area contributed by atoms with E-state index in [1.165, 1.54) is 6.08 Å². The first-order valence-corrected chi connectivity index (χ1v) is 11.6. The number of likely N-dealkylation sites (tertiary alicyclic amines) is 1. The molecule has 2 amide bonds. The summed E-state index contributed by atoms with van der Waals surface area (Å²) in [7, 11) is 0. The van der Waals surface area contributed by atoms with Gasteiger partial charge in [0.25, 0.3) is 5.91 Å². The van der Waals surface area contributed by atoms with Gasteiger partial charge in [0.1, 0.15) is 0 Å². The molecule has 2 heterocycles. The molecule has 0 saturated carbocycles. The lowest BCUT2D eigenvalue weighted by Crippen LogP contribution is -2.31. The SMILES string of the molecule is C=C1C=CC(=O)N1CCOCCOCCOCCOCCC(=O)N1CCC(C(C)(C)C)C1. The molecule has 0 aliphatic carbocycles. The van der Waals surface area contributed by atoms with Gasteiger partial charge in [0, 0.05) is 31.4 Å². The summed E-state index contributed by atoms with van der Waals surface area (Å²) < 4.78 is 21.9. The van der Waals surface area contributed by atoms with Crippen molar-refractivity contribution in [2.75, 3.05) is 72.5 Å². The van der Waals surface area contributed by atoms with E-state index >= 15 is 0 Å². The van der Waals surface area contributed by atoms with E-state index in [0.29, 0.717) is 77.4 Å². The van der Waals surface area contributed by atoms with Crippen LogP contribution in [0.4, 0.5) is 0 Å². The quantitative estimate of drug-likeness (QED) is 0.355. The van der Waals surface area contributed by atoms with E-state index in [9.17, 15) is 9.59 Å². The molecule has 1 unspecified atom stereocenters. The second-order valence-corrected chi connectivity index (χ2v) is 9.21. The van der Waals surface area contributed by atoms with Crippen molar-refractivity contribution in [3.8, 4) is 0 Å². The molecule has 2 aliphatic rings. The third kappa shape index (κ3) is 9.40. The largest absolute Gasteiger partial charge is 0.379 e. The van der Waals surface area contributed by atoms with Crippen LogP contribution in [0.15, 0.2) is 24.4 Å². The average Bonchev–Trinajstić information content (AvgIpc) is 3.36. The minimum absolute atomic E-state index is 0.0524. The van der Waals surface area contributed by atoms with E-state index in [1.807, 2.05) is 4.90 Å². The first kappa shape index (κ1) is 26.5. The van der Waals surface area contributed by atoms with Crippen LogP contribution in [0.2, 0.25) is 0 Å². The first-order chi connectivity index (χ1) is 15.3. The van der Waals surface area contributed by atoms with Crippen LogP contribution in [-0.2, 0) is 28.5 Å². The summed E-state index contributed by atoms with van der Waals surface area (Å²) in [5.74, 6) is 0.707. The molecule has 8 nitrogen and oxygen atoms in total. The summed E-state index contributed by atoms with van der Waals surface area (Å²) in [5.41, 5.74) is 0.950. The zero-order chi connectivity index (χ0) is 23.4. The Morgan fingerprint density at radius 2 is 1.53 bits per heavy atom. The summed E-state index contributed by atoms with van der Waals surface area (Å²) in [6.07, 6.45) is 4.72. The summed E-state index contributed by atoms with van der Waals surface area (Å²) >= 11 is 0. The summed E-state index contributed by atoms with van der Waals surface area (Å²) in [4.78, 5) is 27.3. The van der Waals surface area contributed by atoms with E-state index in [4.69, 9.17) is 18.9 Å². The van der Waals surface area contributed by atoms with E-state index in [1.54, 1.807) is 11.0 Å². The van der Waals surface area contributed by atoms with Gasteiger partial charge >= 0.3 is 0 Å². The van der Waals surface area contributed by atoms with Crippen molar-refractivity contribution >= 4 is 11.8 Å². The Bertz CT molecular complexity index is 625. The fourth-order valence-corrected chi connectivity index (χ4v) is 3.67. The first-order valence-electron chi connectivity index (χ1n) is 11.6. The predicted octanol–water partition coefficient (Wildman–Crippen LogP) is 2.25. The Labute approximate surface area is 192 Å². The van der Waals surface area contributed by atoms with Crippen LogP contribution in [0.3, 0.4) is 0 Å². The highest BCUT2D eigenvalue weighted by Gasteiger charge is 2.33. The Hall–Kier alpha value is -1.74. The fourth-order valence-electron chi connectivity index (χ4n) is 3.67. The van der Waals surface area contributed by atoms with Crippen LogP contribution >= 0.6 is 0 Å². The number of nitrogens with zero attached hydrogens (tertiary/aromatic N) is 2. The van der Waals surface area contributed by atoms with Crippen molar-refractivity contribution in [3.63, 3.8) is 0 Å². The molecule has 2 aliphatic heterocycles. The number of rotatable bonds is 15. The third-order valence-corrected chi connectivity index (χ3v) is 5.83. The highest BCUT2D eigenvalue weighted by molar-refractivity contribution is 5.92. The number of hydrogen-bond acceptors (Lipinski definition) is 6. The van der Waals surface area contributed by atoms with Gasteiger partial charge in [-0.3, -0.25) is 9.59 Å². The number of amides is 2. The molecule has 0 aromatic heterocycles. The Morgan fingerprint density at radius 3 is 2.03 bits per heavy atom. The number of carbonyl (C=O) groups is 2. The highest BCUT2D eigenvalue weighted by atomic mass is 16.6. The smallest absolute Gasteiger partial charge is 0.251 e. The van der Waals surface area contributed by atoms with Crippen LogP contribution in [0.25, 0.3) is 0 Å². The maximum Gasteiger partial charge on any atom is 0.251 e. The molecular weight excluding hydrogens is 412 g/mol. The number of allylic oxidation sites excluding steroid dienone is 1. The lowest BCUT2D eigenvalue weighted by molar-refractivity contribution is -0.131. The third-order valence-electron chi connectivity index (χ3n) is 5.83. The van der Waals surface area contributed by atoms with Gasteiger partial charge in [0.2, 0.25) is 5.91 Å². The van der Waals surface area contributed by atoms with E-state index in [2.05, 4.69) is 27.4 Å². The molecule has 1 atom stereocenters. The molecule has 0 radical (unpaired) electrons. The molecule has 1 fully saturated rings. The lowest BCUT2D eigenvalue weighted by Gasteiger charge is -2.27. The van der Waals surface area contributed by atoms with Gasteiger partial charge in [-0.25, -0.2) is 0 Å². The molecule has 0 aromatic rings. The van der Waals surface area contributed by atoms with Crippen LogP contribution in [0, 0.1) is 11.3 Å². The van der Waals surface area contributed by atoms with Crippen molar-refractivity contribution in [1.82, 2.24) is 9.80 Å². The second kappa shape index (κ2) is 13.7. The molecule has 182 valence electrons. The fraction of sp³-hybridized carbons (Fsp3) is 0.750. The molecule has 32 heavy (non-hydrogen) atoms. The van der Waals surface area contributed by atoms with Gasteiger partial charge in [-0.15, -0.1) is 0 Å². The summed E-state index contributed by atoms with van der Waals surface area (Å²) in [5, 5.41) is 0. The molecular formula is C24H40N2O6. The second-order valence-electron chi connectivity index (χ2n) is 9.21. The van der Waals surface area contributed by atoms with E-state index < -0.39 is 0 Å². The number of carbonyl (C=O) groups excluding carboxylic acids is 2. The van der Waals surface area contributed by atoms with Gasteiger partial charge in [0.15, 0.2) is 0 Å². The highest BCUT2D eigenvalue weighted by Crippen LogP contribution is 2.33. The van der Waals surface area contributed by atoms with E-state index in [0.717, 1.165) is 19.5 Å². The predicted molar refractivity (Wildman–Crippen MR) is 122 cm³/mol. The monoisotopic (exact) mass is 452 g/mol. The minimum Gasteiger partial charge on any atom is -0.379 e. The topological polar surface area (TPSA) is 77.5 Å². The van der Waals surface area contributed by atoms with Crippen molar-refractivity contribution in [2.45, 2.75) is 33.6 Å². The maximum atomic E-state index is 12.3. The van der Waals surface area contributed by atoms with Crippen molar-refractivity contribution in [3.05, 3.63) is 24.4 Å². The molecule has 1 saturated heterocycles. The normalized spacial score (nSPS) is 18.9. The number of hydrogen-bond donors (Lipinski definition) is 0. The summed E-state index contributed by atoms with van der Waals surface area (Å²) in [6.45, 7) is 16.5. The van der Waals surface area contributed by atoms with Crippen molar-refractivity contribution < 1.29 is 28.5 Å². The molecule has 0 bridgehead atoms. The minimum atomic E-state index is -0.0524. The number of ether oxygens (including phenoxy) is 4. The van der Waals surface area contributed by atoms with Gasteiger partial charge in [-0.1, -0.05) is 27.4 Å². The Morgan fingerprint density at radius 1 is 0.969 bits per heavy atom. The molecule has 8 heteroatoms. The van der Waals surface area contributed by atoms with Crippen LogP contribution in [0.1, 0.15) is 33.6 Å². The van der Waals surface area contributed by atoms with Crippen LogP contribution in [-0.4, -0.2) is 94.1 Å². The van der Waals surface area contributed by atoms with E-state index in [-0.39, 0.29) is 17.2 Å². The Balaban J connectivity index is 1.32. The molecule has 0 N–H and O–H groups in total. The van der Waals surface area contributed by atoms with Gasteiger partial charge in [-0.05, 0) is 23.8 Å². The molecule has 0 spiro atoms. The molecule has 2 rings (SSSR count). The zero-order valence-corrected chi connectivity index (χ0v) is 20.0. The van der Waals surface area contributed by atoms with Gasteiger partial charge < -0.3 is 28.7 Å². The maximum absolute atomic E-state index is 12.3. The van der Waals surface area contributed by atoms with Crippen LogP contribution in [0.5, 0.6) is 0 Å². The van der Waals surface area contributed by atoms with Gasteiger partial charge in [0.05, 0.1) is 59.3 Å². The molecule has 0 aromatic carbocycles. The zero-order valence-electron chi connectivity index (χ0n) is 20.0. The van der Waals surface area contributed by atoms with Crippen molar-refractivity contribution in [2.24, 2.45) is 11.3 Å². The van der Waals surface area contributed by atoms with Crippen molar-refractivity contribution in [1.29, 1.82) is 0 Å².